The molecule has 0 saturated heterocycles. The lowest BCUT2D eigenvalue weighted by molar-refractivity contribution is 0.400. The summed E-state index contributed by atoms with van der Waals surface area (Å²) in [4.78, 5) is 5.31. The van der Waals surface area contributed by atoms with Gasteiger partial charge in [0.05, 0.1) is 4.90 Å². The minimum absolute atomic E-state index is 0.294. The normalized spacial score (nSPS) is 12.5. The molecule has 3 N–H and O–H groups in total. The van der Waals surface area contributed by atoms with Gasteiger partial charge in [0.15, 0.2) is 0 Å². The largest absolute Gasteiger partial charge is 0.363 e. The SMILES string of the molecule is CC(C)NCc1cc(S(=O)(=O)NCCCN(C)C)c[nH]1. The Hall–Kier alpha value is -0.890. The van der Waals surface area contributed by atoms with Crippen molar-refractivity contribution in [2.45, 2.75) is 37.8 Å². The lowest BCUT2D eigenvalue weighted by Crippen LogP contribution is -2.27. The van der Waals surface area contributed by atoms with E-state index in [0.29, 0.717) is 24.0 Å². The molecule has 7 heteroatoms. The number of rotatable bonds is 9. The zero-order chi connectivity index (χ0) is 15.2. The van der Waals surface area contributed by atoms with Crippen molar-refractivity contribution < 1.29 is 8.42 Å². The molecule has 0 fully saturated rings. The predicted octanol–water partition coefficient (Wildman–Crippen LogP) is 0.743. The summed E-state index contributed by atoms with van der Waals surface area (Å²) in [6.45, 7) is 6.04. The third-order valence-corrected chi connectivity index (χ3v) is 4.24. The van der Waals surface area contributed by atoms with Crippen LogP contribution in [0.2, 0.25) is 0 Å². The first-order chi connectivity index (χ1) is 9.31. The van der Waals surface area contributed by atoms with Crippen LogP contribution in [0.4, 0.5) is 0 Å². The van der Waals surface area contributed by atoms with Crippen LogP contribution in [0, 0.1) is 0 Å². The first-order valence-corrected chi connectivity index (χ1v) is 8.34. The number of nitrogens with one attached hydrogen (secondary N) is 3. The summed E-state index contributed by atoms with van der Waals surface area (Å²) < 4.78 is 26.7. The minimum Gasteiger partial charge on any atom is -0.363 e. The zero-order valence-corrected chi connectivity index (χ0v) is 13.5. The van der Waals surface area contributed by atoms with Gasteiger partial charge in [0, 0.05) is 31.0 Å². The second kappa shape index (κ2) is 7.78. The molecular weight excluding hydrogens is 276 g/mol. The summed E-state index contributed by atoms with van der Waals surface area (Å²) >= 11 is 0. The molecule has 0 aliphatic carbocycles. The van der Waals surface area contributed by atoms with Gasteiger partial charge in [-0.05, 0) is 33.1 Å². The second-order valence-electron chi connectivity index (χ2n) is 5.45. The average Bonchev–Trinajstić information content (AvgIpc) is 2.81. The van der Waals surface area contributed by atoms with E-state index < -0.39 is 10.0 Å². The Balaban J connectivity index is 2.51. The quantitative estimate of drug-likeness (QED) is 0.588. The van der Waals surface area contributed by atoms with E-state index in [2.05, 4.69) is 15.0 Å². The summed E-state index contributed by atoms with van der Waals surface area (Å²) in [7, 11) is 0.530. The molecule has 0 aromatic carbocycles. The molecule has 0 spiro atoms. The summed E-state index contributed by atoms with van der Waals surface area (Å²) in [5.41, 5.74) is 0.868. The van der Waals surface area contributed by atoms with Crippen LogP contribution in [-0.2, 0) is 16.6 Å². The maximum absolute atomic E-state index is 12.1. The van der Waals surface area contributed by atoms with Crippen LogP contribution in [0.15, 0.2) is 17.2 Å². The minimum atomic E-state index is -3.40. The summed E-state index contributed by atoms with van der Waals surface area (Å²) in [6.07, 6.45) is 2.32. The van der Waals surface area contributed by atoms with Crippen molar-refractivity contribution in [3.8, 4) is 0 Å². The Bertz CT molecular complexity index is 494. The van der Waals surface area contributed by atoms with Crippen LogP contribution in [0.1, 0.15) is 26.0 Å². The molecule has 0 unspecified atom stereocenters. The van der Waals surface area contributed by atoms with Gasteiger partial charge in [-0.1, -0.05) is 13.8 Å². The Labute approximate surface area is 122 Å². The first kappa shape index (κ1) is 17.2. The van der Waals surface area contributed by atoms with Gasteiger partial charge in [-0.2, -0.15) is 0 Å². The highest BCUT2D eigenvalue weighted by Crippen LogP contribution is 2.10. The van der Waals surface area contributed by atoms with E-state index in [0.717, 1.165) is 18.7 Å². The Morgan fingerprint density at radius 1 is 1.35 bits per heavy atom. The molecule has 1 heterocycles. The van der Waals surface area contributed by atoms with Gasteiger partial charge in [0.1, 0.15) is 0 Å². The van der Waals surface area contributed by atoms with Crippen molar-refractivity contribution in [2.75, 3.05) is 27.2 Å². The number of nitrogens with zero attached hydrogens (tertiary/aromatic N) is 1. The molecule has 0 amide bonds. The molecule has 0 radical (unpaired) electrons. The van der Waals surface area contributed by atoms with E-state index >= 15 is 0 Å². The topological polar surface area (TPSA) is 77.2 Å². The molecular formula is C13H26N4O2S. The smallest absolute Gasteiger partial charge is 0.242 e. The third-order valence-electron chi connectivity index (χ3n) is 2.80. The molecule has 1 aromatic rings. The molecule has 116 valence electrons. The van der Waals surface area contributed by atoms with E-state index in [-0.39, 0.29) is 0 Å². The van der Waals surface area contributed by atoms with Crippen molar-refractivity contribution in [1.29, 1.82) is 0 Å². The van der Waals surface area contributed by atoms with Crippen molar-refractivity contribution in [3.05, 3.63) is 18.0 Å². The van der Waals surface area contributed by atoms with E-state index in [1.165, 1.54) is 6.20 Å². The Kier molecular flexibility index (Phi) is 6.67. The van der Waals surface area contributed by atoms with Gasteiger partial charge < -0.3 is 15.2 Å². The van der Waals surface area contributed by atoms with Crippen LogP contribution >= 0.6 is 0 Å². The van der Waals surface area contributed by atoms with Crippen molar-refractivity contribution >= 4 is 10.0 Å². The lowest BCUT2D eigenvalue weighted by Gasteiger charge is -2.09. The second-order valence-corrected chi connectivity index (χ2v) is 7.22. The van der Waals surface area contributed by atoms with E-state index in [1.807, 2.05) is 32.8 Å². The van der Waals surface area contributed by atoms with Gasteiger partial charge in [-0.3, -0.25) is 0 Å². The molecule has 0 bridgehead atoms. The number of sulfonamides is 1. The van der Waals surface area contributed by atoms with Crippen LogP contribution < -0.4 is 10.0 Å². The van der Waals surface area contributed by atoms with Crippen molar-refractivity contribution in [3.63, 3.8) is 0 Å². The Morgan fingerprint density at radius 2 is 2.05 bits per heavy atom. The first-order valence-electron chi connectivity index (χ1n) is 6.86. The maximum atomic E-state index is 12.1. The highest BCUT2D eigenvalue weighted by molar-refractivity contribution is 7.89. The van der Waals surface area contributed by atoms with E-state index in [9.17, 15) is 8.42 Å². The fraction of sp³-hybridized carbons (Fsp3) is 0.692. The van der Waals surface area contributed by atoms with Gasteiger partial charge >= 0.3 is 0 Å². The monoisotopic (exact) mass is 302 g/mol. The molecule has 0 aliphatic heterocycles. The van der Waals surface area contributed by atoms with Crippen molar-refractivity contribution in [2.24, 2.45) is 0 Å². The standard InChI is InChI=1S/C13H26N4O2S/c1-11(2)14-9-12-8-13(10-15-12)20(18,19)16-6-5-7-17(3)4/h8,10-11,14-16H,5-7,9H2,1-4H3. The molecule has 0 saturated carbocycles. The summed E-state index contributed by atoms with van der Waals surface area (Å²) in [6, 6.07) is 2.03. The van der Waals surface area contributed by atoms with E-state index in [4.69, 9.17) is 0 Å². The highest BCUT2D eigenvalue weighted by Gasteiger charge is 2.15. The highest BCUT2D eigenvalue weighted by atomic mass is 32.2. The molecule has 1 aromatic heterocycles. The third kappa shape index (κ3) is 6.04. The summed E-state index contributed by atoms with van der Waals surface area (Å²) in [5.74, 6) is 0. The van der Waals surface area contributed by atoms with Gasteiger partial charge in [0.25, 0.3) is 0 Å². The fourth-order valence-electron chi connectivity index (χ4n) is 1.68. The Morgan fingerprint density at radius 3 is 2.65 bits per heavy atom. The van der Waals surface area contributed by atoms with Crippen LogP contribution in [0.3, 0.4) is 0 Å². The van der Waals surface area contributed by atoms with Crippen molar-refractivity contribution in [1.82, 2.24) is 19.9 Å². The predicted molar refractivity (Wildman–Crippen MR) is 81.1 cm³/mol. The molecule has 0 atom stereocenters. The van der Waals surface area contributed by atoms with Crippen LogP contribution in [0.5, 0.6) is 0 Å². The fourth-order valence-corrected chi connectivity index (χ4v) is 2.77. The molecule has 1 rings (SSSR count). The number of hydrogen-bond donors (Lipinski definition) is 3. The van der Waals surface area contributed by atoms with Crippen LogP contribution in [-0.4, -0.2) is 51.5 Å². The number of H-pyrrole nitrogens is 1. The van der Waals surface area contributed by atoms with Gasteiger partial charge in [-0.15, -0.1) is 0 Å². The summed E-state index contributed by atoms with van der Waals surface area (Å²) in [5, 5.41) is 3.24. The van der Waals surface area contributed by atoms with Gasteiger partial charge in [0.2, 0.25) is 10.0 Å². The molecule has 20 heavy (non-hydrogen) atoms. The zero-order valence-electron chi connectivity index (χ0n) is 12.7. The number of hydrogen-bond acceptors (Lipinski definition) is 4. The average molecular weight is 302 g/mol. The number of aromatic nitrogens is 1. The number of aromatic amines is 1. The van der Waals surface area contributed by atoms with E-state index in [1.54, 1.807) is 6.07 Å². The molecule has 6 nitrogen and oxygen atoms in total. The maximum Gasteiger partial charge on any atom is 0.242 e. The van der Waals surface area contributed by atoms with Gasteiger partial charge in [-0.25, -0.2) is 13.1 Å². The molecule has 0 aliphatic rings. The van der Waals surface area contributed by atoms with Crippen LogP contribution in [0.25, 0.3) is 0 Å². The lowest BCUT2D eigenvalue weighted by atomic mass is 10.3.